The van der Waals surface area contributed by atoms with Gasteiger partial charge in [-0.1, -0.05) is 18.2 Å². The first-order valence-electron chi connectivity index (χ1n) is 7.41. The van der Waals surface area contributed by atoms with E-state index in [-0.39, 0.29) is 18.4 Å². The van der Waals surface area contributed by atoms with Crippen molar-refractivity contribution < 1.29 is 14.3 Å². The lowest BCUT2D eigenvalue weighted by Gasteiger charge is -2.31. The molecule has 2 bridgehead atoms. The summed E-state index contributed by atoms with van der Waals surface area (Å²) in [5.41, 5.74) is 0.622. The van der Waals surface area contributed by atoms with Crippen LogP contribution in [-0.2, 0) is 9.47 Å². The average molecular weight is 312 g/mol. The van der Waals surface area contributed by atoms with Gasteiger partial charge in [-0.2, -0.15) is 0 Å². The predicted octanol–water partition coefficient (Wildman–Crippen LogP) is 2.52. The third kappa shape index (κ3) is 4.43. The van der Waals surface area contributed by atoms with E-state index in [4.69, 9.17) is 9.47 Å². The number of hydrogen-bond donors (Lipinski definition) is 0. The largest absolute Gasteiger partial charge is 0.462 e. The molecular weight excluding hydrogens is 290 g/mol. The molecule has 3 rings (SSSR count). The Kier molecular flexibility index (Phi) is 6.03. The van der Waals surface area contributed by atoms with E-state index in [1.807, 2.05) is 18.2 Å². The Morgan fingerprint density at radius 3 is 2.52 bits per heavy atom. The van der Waals surface area contributed by atoms with Crippen LogP contribution in [-0.4, -0.2) is 49.3 Å². The molecule has 0 amide bonds. The number of esters is 1. The van der Waals surface area contributed by atoms with E-state index >= 15 is 0 Å². The van der Waals surface area contributed by atoms with E-state index in [0.29, 0.717) is 24.4 Å². The third-order valence-electron chi connectivity index (χ3n) is 3.98. The summed E-state index contributed by atoms with van der Waals surface area (Å²) in [5, 5.41) is 0. The van der Waals surface area contributed by atoms with Gasteiger partial charge in [-0.25, -0.2) is 4.79 Å². The van der Waals surface area contributed by atoms with Crippen LogP contribution in [0.1, 0.15) is 29.6 Å². The molecule has 0 radical (unpaired) electrons. The number of carbonyl (C=O) groups excluding carboxylic acids is 1. The first kappa shape index (κ1) is 16.3. The zero-order valence-electron chi connectivity index (χ0n) is 12.1. The molecule has 2 heterocycles. The Morgan fingerprint density at radius 1 is 1.19 bits per heavy atom. The minimum absolute atomic E-state index is 0. The van der Waals surface area contributed by atoms with Crippen molar-refractivity contribution in [1.29, 1.82) is 0 Å². The van der Waals surface area contributed by atoms with Crippen molar-refractivity contribution in [1.82, 2.24) is 4.90 Å². The van der Waals surface area contributed by atoms with Gasteiger partial charge in [0.1, 0.15) is 0 Å². The van der Waals surface area contributed by atoms with Gasteiger partial charge in [0.15, 0.2) is 0 Å². The Balaban J connectivity index is 0.00000161. The minimum atomic E-state index is -0.229. The van der Waals surface area contributed by atoms with Crippen LogP contribution < -0.4 is 0 Å². The molecular formula is C16H22ClNO3. The van der Waals surface area contributed by atoms with Gasteiger partial charge >= 0.3 is 5.97 Å². The van der Waals surface area contributed by atoms with Crippen molar-refractivity contribution in [2.24, 2.45) is 0 Å². The molecule has 2 aliphatic rings. The maximum atomic E-state index is 11.8. The van der Waals surface area contributed by atoms with Gasteiger partial charge in [-0.15, -0.1) is 12.4 Å². The van der Waals surface area contributed by atoms with E-state index in [0.717, 1.165) is 26.1 Å². The van der Waals surface area contributed by atoms with Crippen LogP contribution in [0.4, 0.5) is 0 Å². The van der Waals surface area contributed by atoms with E-state index < -0.39 is 0 Å². The van der Waals surface area contributed by atoms with E-state index in [2.05, 4.69) is 4.90 Å². The fraction of sp³-hybridized carbons (Fsp3) is 0.562. The summed E-state index contributed by atoms with van der Waals surface area (Å²) >= 11 is 0. The predicted molar refractivity (Wildman–Crippen MR) is 82.9 cm³/mol. The number of halogens is 1. The van der Waals surface area contributed by atoms with Gasteiger partial charge in [0.05, 0.1) is 24.4 Å². The van der Waals surface area contributed by atoms with Crippen molar-refractivity contribution >= 4 is 18.4 Å². The summed E-state index contributed by atoms with van der Waals surface area (Å²) < 4.78 is 11.1. The highest BCUT2D eigenvalue weighted by Gasteiger charge is 2.33. The first-order chi connectivity index (χ1) is 9.81. The molecule has 2 aliphatic heterocycles. The summed E-state index contributed by atoms with van der Waals surface area (Å²) in [6.07, 6.45) is 4.15. The van der Waals surface area contributed by atoms with Crippen LogP contribution >= 0.6 is 12.4 Å². The second-order valence-corrected chi connectivity index (χ2v) is 5.57. The molecule has 116 valence electrons. The van der Waals surface area contributed by atoms with Gasteiger partial charge in [0.25, 0.3) is 0 Å². The monoisotopic (exact) mass is 311 g/mol. The second-order valence-electron chi connectivity index (χ2n) is 5.57. The second kappa shape index (κ2) is 7.78. The molecule has 0 saturated carbocycles. The summed E-state index contributed by atoms with van der Waals surface area (Å²) in [7, 11) is 0. The average Bonchev–Trinajstić information content (AvgIpc) is 2.83. The molecule has 2 fully saturated rings. The Bertz CT molecular complexity index is 442. The number of hydrogen-bond acceptors (Lipinski definition) is 4. The minimum Gasteiger partial charge on any atom is -0.462 e. The lowest BCUT2D eigenvalue weighted by Crippen LogP contribution is -2.43. The van der Waals surface area contributed by atoms with E-state index in [1.165, 1.54) is 12.8 Å². The summed E-state index contributed by atoms with van der Waals surface area (Å²) in [4.78, 5) is 14.2. The lowest BCUT2D eigenvalue weighted by molar-refractivity contribution is -0.0397. The standard InChI is InChI=1S/C16H21NO3.ClH/c18-16(13-5-2-1-3-6-13)19-10-4-9-17-11-14-7-8-15(12-17)20-14;/h1-3,5-6,14-15H,4,7-12H2;1H. The van der Waals surface area contributed by atoms with E-state index in [1.54, 1.807) is 12.1 Å². The molecule has 2 atom stereocenters. The molecule has 2 unspecified atom stereocenters. The van der Waals surface area contributed by atoms with Crippen molar-refractivity contribution in [3.05, 3.63) is 35.9 Å². The number of nitrogens with zero attached hydrogens (tertiary/aromatic N) is 1. The fourth-order valence-electron chi connectivity index (χ4n) is 2.99. The zero-order chi connectivity index (χ0) is 13.8. The normalized spacial score (nSPS) is 24.4. The third-order valence-corrected chi connectivity index (χ3v) is 3.98. The molecule has 0 N–H and O–H groups in total. The van der Waals surface area contributed by atoms with Crippen molar-refractivity contribution in [2.45, 2.75) is 31.5 Å². The van der Waals surface area contributed by atoms with E-state index in [9.17, 15) is 4.79 Å². The highest BCUT2D eigenvalue weighted by atomic mass is 35.5. The number of ether oxygens (including phenoxy) is 2. The van der Waals surface area contributed by atoms with Crippen LogP contribution in [0.25, 0.3) is 0 Å². The SMILES string of the molecule is Cl.O=C(OCCCN1CC2CCC(C1)O2)c1ccccc1. The molecule has 1 aromatic rings. The molecule has 5 heteroatoms. The van der Waals surface area contributed by atoms with Gasteiger partial charge in [-0.3, -0.25) is 4.90 Å². The maximum Gasteiger partial charge on any atom is 0.338 e. The number of rotatable bonds is 5. The first-order valence-corrected chi connectivity index (χ1v) is 7.41. The Labute approximate surface area is 131 Å². The fourth-order valence-corrected chi connectivity index (χ4v) is 2.99. The quantitative estimate of drug-likeness (QED) is 0.619. The summed E-state index contributed by atoms with van der Waals surface area (Å²) in [6, 6.07) is 9.15. The zero-order valence-corrected chi connectivity index (χ0v) is 12.9. The molecule has 4 nitrogen and oxygen atoms in total. The topological polar surface area (TPSA) is 38.8 Å². The summed E-state index contributed by atoms with van der Waals surface area (Å²) in [5.74, 6) is -0.229. The van der Waals surface area contributed by atoms with Crippen LogP contribution in [0, 0.1) is 0 Å². The Hall–Kier alpha value is -1.10. The summed E-state index contributed by atoms with van der Waals surface area (Å²) in [6.45, 7) is 3.53. The number of fused-ring (bicyclic) bond motifs is 2. The van der Waals surface area contributed by atoms with Gasteiger partial charge in [-0.05, 0) is 31.4 Å². The molecule has 0 spiro atoms. The van der Waals surface area contributed by atoms with Gasteiger partial charge in [0.2, 0.25) is 0 Å². The Morgan fingerprint density at radius 2 is 1.86 bits per heavy atom. The number of carbonyl (C=O) groups is 1. The molecule has 21 heavy (non-hydrogen) atoms. The number of benzene rings is 1. The van der Waals surface area contributed by atoms with Crippen LogP contribution in [0.3, 0.4) is 0 Å². The lowest BCUT2D eigenvalue weighted by atomic mass is 10.2. The number of morpholine rings is 1. The van der Waals surface area contributed by atoms with Gasteiger partial charge < -0.3 is 9.47 Å². The van der Waals surface area contributed by atoms with Gasteiger partial charge in [0, 0.05) is 19.6 Å². The van der Waals surface area contributed by atoms with Crippen molar-refractivity contribution in [3.8, 4) is 0 Å². The molecule has 0 aliphatic carbocycles. The molecule has 2 saturated heterocycles. The van der Waals surface area contributed by atoms with Crippen LogP contribution in [0.2, 0.25) is 0 Å². The maximum absolute atomic E-state index is 11.8. The highest BCUT2D eigenvalue weighted by molar-refractivity contribution is 5.89. The molecule has 1 aromatic carbocycles. The smallest absolute Gasteiger partial charge is 0.338 e. The van der Waals surface area contributed by atoms with Crippen molar-refractivity contribution in [2.75, 3.05) is 26.2 Å². The molecule has 0 aromatic heterocycles. The van der Waals surface area contributed by atoms with Crippen LogP contribution in [0.15, 0.2) is 30.3 Å². The highest BCUT2D eigenvalue weighted by Crippen LogP contribution is 2.26. The van der Waals surface area contributed by atoms with Crippen molar-refractivity contribution in [3.63, 3.8) is 0 Å². The van der Waals surface area contributed by atoms with Crippen LogP contribution in [0.5, 0.6) is 0 Å². The number of likely N-dealkylation sites (tertiary alicyclic amines) is 1.